The topological polar surface area (TPSA) is 57.6 Å². The van der Waals surface area contributed by atoms with Gasteiger partial charge in [-0.3, -0.25) is 9.59 Å². The summed E-state index contributed by atoms with van der Waals surface area (Å²) in [5.74, 6) is -0.286. The van der Waals surface area contributed by atoms with E-state index in [0.29, 0.717) is 12.3 Å². The molecule has 1 aliphatic rings. The number of amides is 1. The second-order valence-electron chi connectivity index (χ2n) is 6.44. The number of carboxylic acids is 1. The largest absolute Gasteiger partial charge is 0.481 e. The molecule has 0 aromatic rings. The lowest BCUT2D eigenvalue weighted by atomic mass is 9.79. The van der Waals surface area contributed by atoms with E-state index in [2.05, 4.69) is 13.8 Å². The average molecular weight is 269 g/mol. The number of hydrogen-bond acceptors (Lipinski definition) is 2. The molecular weight excluding hydrogens is 242 g/mol. The molecule has 0 heterocycles. The maximum absolute atomic E-state index is 12.4. The fourth-order valence-corrected chi connectivity index (χ4v) is 2.98. The summed E-state index contributed by atoms with van der Waals surface area (Å²) < 4.78 is 0. The molecule has 0 aromatic heterocycles. The fourth-order valence-electron chi connectivity index (χ4n) is 2.98. The van der Waals surface area contributed by atoms with Crippen LogP contribution in [0.5, 0.6) is 0 Å². The molecule has 0 aromatic carbocycles. The summed E-state index contributed by atoms with van der Waals surface area (Å²) in [5.41, 5.74) is -0.298. The molecule has 1 unspecified atom stereocenters. The molecule has 0 radical (unpaired) electrons. The Labute approximate surface area is 116 Å². The standard InChI is InChI=1S/C15H27NO3/c1-11(2)12(3)16(4)13(17)9-15(10-14(18)19)7-5-6-8-15/h11-12H,5-10H2,1-4H3,(H,18,19). The van der Waals surface area contributed by atoms with Crippen LogP contribution < -0.4 is 0 Å². The lowest BCUT2D eigenvalue weighted by molar-refractivity contribution is -0.141. The molecule has 1 aliphatic carbocycles. The van der Waals surface area contributed by atoms with Gasteiger partial charge in [0.25, 0.3) is 0 Å². The first-order valence-electron chi connectivity index (χ1n) is 7.25. The summed E-state index contributed by atoms with van der Waals surface area (Å²) in [6, 6.07) is 0.191. The van der Waals surface area contributed by atoms with E-state index in [1.54, 1.807) is 4.90 Å². The number of nitrogens with zero attached hydrogens (tertiary/aromatic N) is 1. The first-order valence-corrected chi connectivity index (χ1v) is 7.25. The van der Waals surface area contributed by atoms with Crippen LogP contribution in [0.1, 0.15) is 59.3 Å². The molecule has 0 saturated heterocycles. The van der Waals surface area contributed by atoms with E-state index in [0.717, 1.165) is 25.7 Å². The van der Waals surface area contributed by atoms with Crippen molar-refractivity contribution in [3.63, 3.8) is 0 Å². The van der Waals surface area contributed by atoms with E-state index in [9.17, 15) is 9.59 Å². The van der Waals surface area contributed by atoms with Crippen molar-refractivity contribution in [2.45, 2.75) is 65.3 Å². The lowest BCUT2D eigenvalue weighted by Crippen LogP contribution is -2.41. The van der Waals surface area contributed by atoms with Crippen molar-refractivity contribution in [1.29, 1.82) is 0 Å². The van der Waals surface area contributed by atoms with Crippen molar-refractivity contribution in [2.24, 2.45) is 11.3 Å². The zero-order valence-electron chi connectivity index (χ0n) is 12.6. The highest BCUT2D eigenvalue weighted by Gasteiger charge is 2.39. The maximum atomic E-state index is 12.4. The van der Waals surface area contributed by atoms with Gasteiger partial charge in [-0.25, -0.2) is 0 Å². The van der Waals surface area contributed by atoms with Gasteiger partial charge < -0.3 is 10.0 Å². The molecule has 1 amide bonds. The number of carboxylic acid groups (broad SMARTS) is 1. The summed E-state index contributed by atoms with van der Waals surface area (Å²) >= 11 is 0. The van der Waals surface area contributed by atoms with Gasteiger partial charge in [-0.05, 0) is 31.1 Å². The van der Waals surface area contributed by atoms with Gasteiger partial charge in [0.05, 0.1) is 6.42 Å². The molecule has 0 spiro atoms. The van der Waals surface area contributed by atoms with E-state index >= 15 is 0 Å². The SMILES string of the molecule is CC(C)C(C)N(C)C(=O)CC1(CC(=O)O)CCCC1. The second kappa shape index (κ2) is 6.40. The van der Waals surface area contributed by atoms with Gasteiger partial charge in [-0.1, -0.05) is 26.7 Å². The molecule has 1 saturated carbocycles. The number of aliphatic carboxylic acids is 1. The van der Waals surface area contributed by atoms with E-state index in [1.807, 2.05) is 14.0 Å². The fraction of sp³-hybridized carbons (Fsp3) is 0.867. The normalized spacial score (nSPS) is 19.4. The molecule has 4 heteroatoms. The molecule has 1 atom stereocenters. The zero-order valence-corrected chi connectivity index (χ0v) is 12.6. The smallest absolute Gasteiger partial charge is 0.303 e. The summed E-state index contributed by atoms with van der Waals surface area (Å²) in [7, 11) is 1.83. The minimum Gasteiger partial charge on any atom is -0.481 e. The molecule has 0 aliphatic heterocycles. The predicted molar refractivity (Wildman–Crippen MR) is 74.8 cm³/mol. The molecule has 0 bridgehead atoms. The van der Waals surface area contributed by atoms with Gasteiger partial charge >= 0.3 is 5.97 Å². The van der Waals surface area contributed by atoms with Crippen LogP contribution in [-0.2, 0) is 9.59 Å². The van der Waals surface area contributed by atoms with Crippen LogP contribution in [0.2, 0.25) is 0 Å². The van der Waals surface area contributed by atoms with Gasteiger partial charge in [-0.2, -0.15) is 0 Å². The van der Waals surface area contributed by atoms with E-state index in [4.69, 9.17) is 5.11 Å². The molecule has 1 N–H and O–H groups in total. The Bertz CT molecular complexity index is 332. The highest BCUT2D eigenvalue weighted by molar-refractivity contribution is 5.78. The van der Waals surface area contributed by atoms with E-state index in [1.165, 1.54) is 0 Å². The summed E-state index contributed by atoms with van der Waals surface area (Å²) in [4.78, 5) is 25.2. The van der Waals surface area contributed by atoms with Crippen LogP contribution >= 0.6 is 0 Å². The quantitative estimate of drug-likeness (QED) is 0.806. The van der Waals surface area contributed by atoms with Crippen LogP contribution in [0, 0.1) is 11.3 Å². The Morgan fingerprint density at radius 2 is 1.68 bits per heavy atom. The number of hydrogen-bond donors (Lipinski definition) is 1. The number of carbonyl (C=O) groups is 2. The van der Waals surface area contributed by atoms with Crippen LogP contribution in [-0.4, -0.2) is 35.0 Å². The lowest BCUT2D eigenvalue weighted by Gasteiger charge is -2.33. The molecule has 4 nitrogen and oxygen atoms in total. The Morgan fingerprint density at radius 3 is 2.11 bits per heavy atom. The van der Waals surface area contributed by atoms with Crippen LogP contribution in [0.4, 0.5) is 0 Å². The third-order valence-corrected chi connectivity index (χ3v) is 4.69. The van der Waals surface area contributed by atoms with Gasteiger partial charge in [0, 0.05) is 19.5 Å². The Balaban J connectivity index is 2.69. The molecule has 1 rings (SSSR count). The molecule has 1 fully saturated rings. The van der Waals surface area contributed by atoms with Crippen molar-refractivity contribution < 1.29 is 14.7 Å². The Hall–Kier alpha value is -1.06. The van der Waals surface area contributed by atoms with Crippen molar-refractivity contribution >= 4 is 11.9 Å². The first-order chi connectivity index (χ1) is 8.77. The van der Waals surface area contributed by atoms with Gasteiger partial charge in [0.1, 0.15) is 0 Å². The number of carbonyl (C=O) groups excluding carboxylic acids is 1. The third-order valence-electron chi connectivity index (χ3n) is 4.69. The van der Waals surface area contributed by atoms with Gasteiger partial charge in [0.15, 0.2) is 0 Å². The predicted octanol–water partition coefficient (Wildman–Crippen LogP) is 2.91. The average Bonchev–Trinajstić information content (AvgIpc) is 2.74. The van der Waals surface area contributed by atoms with Crippen LogP contribution in [0.15, 0.2) is 0 Å². The summed E-state index contributed by atoms with van der Waals surface area (Å²) in [6.45, 7) is 6.23. The van der Waals surface area contributed by atoms with Crippen LogP contribution in [0.3, 0.4) is 0 Å². The van der Waals surface area contributed by atoms with Gasteiger partial charge in [0.2, 0.25) is 5.91 Å². The first kappa shape index (κ1) is 16.0. The summed E-state index contributed by atoms with van der Waals surface area (Å²) in [6.07, 6.45) is 4.34. The van der Waals surface area contributed by atoms with Crippen molar-refractivity contribution in [2.75, 3.05) is 7.05 Å². The van der Waals surface area contributed by atoms with E-state index in [-0.39, 0.29) is 23.8 Å². The number of rotatable bonds is 6. The Morgan fingerprint density at radius 1 is 1.16 bits per heavy atom. The maximum Gasteiger partial charge on any atom is 0.303 e. The van der Waals surface area contributed by atoms with Crippen LogP contribution in [0.25, 0.3) is 0 Å². The van der Waals surface area contributed by atoms with Crippen molar-refractivity contribution in [1.82, 2.24) is 4.90 Å². The summed E-state index contributed by atoms with van der Waals surface area (Å²) in [5, 5.41) is 9.06. The molecule has 110 valence electrons. The zero-order chi connectivity index (χ0) is 14.6. The van der Waals surface area contributed by atoms with Crippen molar-refractivity contribution in [3.05, 3.63) is 0 Å². The Kier molecular flexibility index (Phi) is 5.39. The minimum atomic E-state index is -0.783. The second-order valence-corrected chi connectivity index (χ2v) is 6.44. The van der Waals surface area contributed by atoms with E-state index < -0.39 is 5.97 Å². The highest BCUT2D eigenvalue weighted by atomic mass is 16.4. The molecular formula is C15H27NO3. The highest BCUT2D eigenvalue weighted by Crippen LogP contribution is 2.44. The minimum absolute atomic E-state index is 0.0874. The third kappa shape index (κ3) is 4.22. The van der Waals surface area contributed by atoms with Gasteiger partial charge in [-0.15, -0.1) is 0 Å². The monoisotopic (exact) mass is 269 g/mol. The molecule has 19 heavy (non-hydrogen) atoms. The van der Waals surface area contributed by atoms with Crippen molar-refractivity contribution in [3.8, 4) is 0 Å².